The number of fused-ring (bicyclic) bond motifs is 8. The average Bonchev–Trinajstić information content (AvgIpc) is 3.78. The summed E-state index contributed by atoms with van der Waals surface area (Å²) < 4.78 is 12.6. The largest absolute Gasteiger partial charge is 0.456 e. The average molecular weight is 668 g/mol. The van der Waals surface area contributed by atoms with Gasteiger partial charge in [0.05, 0.1) is 0 Å². The van der Waals surface area contributed by atoms with Crippen LogP contribution in [0.4, 0.5) is 0 Å². The van der Waals surface area contributed by atoms with Gasteiger partial charge in [-0.1, -0.05) is 115 Å². The fourth-order valence-electron chi connectivity index (χ4n) is 7.70. The molecule has 8 aromatic carbocycles. The monoisotopic (exact) mass is 667 g/mol. The van der Waals surface area contributed by atoms with Crippen LogP contribution in [0.3, 0.4) is 0 Å². The van der Waals surface area contributed by atoms with Crippen molar-refractivity contribution in [3.05, 3.63) is 180 Å². The van der Waals surface area contributed by atoms with Crippen molar-refractivity contribution < 1.29 is 8.83 Å². The quantitative estimate of drug-likeness (QED) is 0.203. The third-order valence-corrected chi connectivity index (χ3v) is 10.3. The van der Waals surface area contributed by atoms with E-state index < -0.39 is 0 Å². The second kappa shape index (κ2) is 11.3. The Morgan fingerprint density at radius 2 is 1.06 bits per heavy atom. The maximum atomic E-state index is 6.48. The van der Waals surface area contributed by atoms with Gasteiger partial charge in [-0.2, -0.15) is 0 Å². The summed E-state index contributed by atoms with van der Waals surface area (Å²) in [6, 6.07) is 57.0. The van der Waals surface area contributed by atoms with Gasteiger partial charge in [0.1, 0.15) is 34.3 Å². The molecule has 52 heavy (non-hydrogen) atoms. The summed E-state index contributed by atoms with van der Waals surface area (Å²) >= 11 is 0. The summed E-state index contributed by atoms with van der Waals surface area (Å²) in [4.78, 5) is 10.6. The number of hydrogen-bond acceptors (Lipinski definition) is 5. The summed E-state index contributed by atoms with van der Waals surface area (Å²) in [5, 5.41) is 12.6. The predicted molar refractivity (Wildman–Crippen MR) is 213 cm³/mol. The lowest BCUT2D eigenvalue weighted by Crippen LogP contribution is -2.33. The van der Waals surface area contributed by atoms with E-state index in [0.29, 0.717) is 5.84 Å². The topological polar surface area (TPSA) is 63.0 Å². The van der Waals surface area contributed by atoms with Crippen molar-refractivity contribution in [3.63, 3.8) is 0 Å². The van der Waals surface area contributed by atoms with Gasteiger partial charge < -0.3 is 14.2 Å². The molecule has 3 heterocycles. The predicted octanol–water partition coefficient (Wildman–Crippen LogP) is 12.0. The van der Waals surface area contributed by atoms with E-state index in [1.165, 1.54) is 16.2 Å². The van der Waals surface area contributed by atoms with Gasteiger partial charge in [-0.3, -0.25) is 0 Å². The summed E-state index contributed by atoms with van der Waals surface area (Å²) in [6.45, 7) is 0. The molecule has 2 aromatic heterocycles. The highest BCUT2D eigenvalue weighted by molar-refractivity contribution is 6.22. The molecular formula is C47H29N3O2. The molecule has 0 spiro atoms. The van der Waals surface area contributed by atoms with Crippen LogP contribution in [0.2, 0.25) is 0 Å². The standard InChI is InChI=1S/C47H29N3O2/c1-3-10-30-24-34(18-16-28(30)8-1)45-48-46(35-19-17-29-9-2-4-11-31(29)25-35)50-47(49-45)37-13-7-15-43-44(37)39-27-33(21-23-42(39)52-43)32-20-22-41-38(26-32)36-12-5-6-14-40(36)51-41/h1-27,45H,(H,48,49,50). The highest BCUT2D eigenvalue weighted by Gasteiger charge is 2.24. The van der Waals surface area contributed by atoms with Gasteiger partial charge >= 0.3 is 0 Å². The van der Waals surface area contributed by atoms with Crippen LogP contribution in [0, 0.1) is 0 Å². The van der Waals surface area contributed by atoms with Crippen molar-refractivity contribution in [2.24, 2.45) is 9.98 Å². The van der Waals surface area contributed by atoms with Crippen LogP contribution in [0.25, 0.3) is 76.5 Å². The highest BCUT2D eigenvalue weighted by atomic mass is 16.3. The van der Waals surface area contributed by atoms with Crippen molar-refractivity contribution >= 4 is 77.1 Å². The minimum Gasteiger partial charge on any atom is -0.456 e. The first-order valence-electron chi connectivity index (χ1n) is 17.5. The van der Waals surface area contributed by atoms with E-state index in [1.54, 1.807) is 0 Å². The maximum Gasteiger partial charge on any atom is 0.160 e. The van der Waals surface area contributed by atoms with E-state index in [2.05, 4.69) is 145 Å². The zero-order chi connectivity index (χ0) is 34.2. The van der Waals surface area contributed by atoms with Crippen molar-refractivity contribution in [2.45, 2.75) is 6.17 Å². The van der Waals surface area contributed by atoms with Gasteiger partial charge in [-0.25, -0.2) is 9.98 Å². The van der Waals surface area contributed by atoms with Gasteiger partial charge in [-0.15, -0.1) is 0 Å². The van der Waals surface area contributed by atoms with Crippen molar-refractivity contribution in [1.82, 2.24) is 5.32 Å². The zero-order valence-corrected chi connectivity index (χ0v) is 27.9. The van der Waals surface area contributed by atoms with Gasteiger partial charge in [0, 0.05) is 32.7 Å². The van der Waals surface area contributed by atoms with Crippen molar-refractivity contribution in [3.8, 4) is 11.1 Å². The Balaban J connectivity index is 1.09. The molecule has 1 atom stereocenters. The second-order valence-corrected chi connectivity index (χ2v) is 13.4. The van der Waals surface area contributed by atoms with Gasteiger partial charge in [-0.05, 0) is 86.8 Å². The molecule has 1 aliphatic rings. The van der Waals surface area contributed by atoms with Crippen LogP contribution < -0.4 is 5.32 Å². The van der Waals surface area contributed by atoms with Crippen LogP contribution >= 0.6 is 0 Å². The Bertz CT molecular complexity index is 3130. The normalized spacial score (nSPS) is 14.7. The smallest absolute Gasteiger partial charge is 0.160 e. The van der Waals surface area contributed by atoms with Crippen molar-refractivity contribution in [2.75, 3.05) is 0 Å². The van der Waals surface area contributed by atoms with Gasteiger partial charge in [0.15, 0.2) is 5.84 Å². The Hall–Kier alpha value is -6.98. The molecule has 1 aliphatic heterocycles. The van der Waals surface area contributed by atoms with Crippen LogP contribution in [-0.4, -0.2) is 11.7 Å². The Morgan fingerprint density at radius 1 is 0.442 bits per heavy atom. The number of nitrogens with zero attached hydrogens (tertiary/aromatic N) is 2. The number of rotatable bonds is 4. The fourth-order valence-corrected chi connectivity index (χ4v) is 7.70. The Labute approximate surface area is 298 Å². The third kappa shape index (κ3) is 4.63. The number of nitrogens with one attached hydrogen (secondary N) is 1. The molecule has 0 saturated carbocycles. The van der Waals surface area contributed by atoms with E-state index in [-0.39, 0.29) is 6.17 Å². The molecule has 244 valence electrons. The molecular weight excluding hydrogens is 639 g/mol. The zero-order valence-electron chi connectivity index (χ0n) is 27.9. The Kier molecular flexibility index (Phi) is 6.25. The maximum absolute atomic E-state index is 6.48. The number of para-hydroxylation sites is 1. The highest BCUT2D eigenvalue weighted by Crippen LogP contribution is 2.38. The molecule has 0 amide bonds. The van der Waals surface area contributed by atoms with Crippen molar-refractivity contribution in [1.29, 1.82) is 0 Å². The molecule has 5 nitrogen and oxygen atoms in total. The molecule has 11 rings (SSSR count). The first kappa shape index (κ1) is 28.8. The minimum atomic E-state index is -0.348. The number of furan rings is 2. The molecule has 0 bridgehead atoms. The van der Waals surface area contributed by atoms with Crippen LogP contribution in [-0.2, 0) is 0 Å². The van der Waals surface area contributed by atoms with E-state index in [9.17, 15) is 0 Å². The summed E-state index contributed by atoms with van der Waals surface area (Å²) in [7, 11) is 0. The van der Waals surface area contributed by atoms with Crippen LogP contribution in [0.5, 0.6) is 0 Å². The minimum absolute atomic E-state index is 0.348. The first-order valence-corrected chi connectivity index (χ1v) is 17.5. The molecule has 0 fully saturated rings. The lowest BCUT2D eigenvalue weighted by molar-refractivity contribution is 0.668. The molecule has 1 N–H and O–H groups in total. The molecule has 0 aliphatic carbocycles. The lowest BCUT2D eigenvalue weighted by atomic mass is 9.99. The molecule has 0 saturated heterocycles. The third-order valence-electron chi connectivity index (χ3n) is 10.3. The molecule has 5 heteroatoms. The van der Waals surface area contributed by atoms with Crippen LogP contribution in [0.15, 0.2) is 183 Å². The van der Waals surface area contributed by atoms with Crippen LogP contribution in [0.1, 0.15) is 22.9 Å². The lowest BCUT2D eigenvalue weighted by Gasteiger charge is -2.24. The SMILES string of the molecule is c1ccc2cc(C3=NC(c4cccc5oc6ccc(-c7ccc8oc9ccccc9c8c7)cc6c45)=NC(c4ccc5ccccc5c4)N3)ccc2c1. The molecule has 1 unspecified atom stereocenters. The molecule has 0 radical (unpaired) electrons. The Morgan fingerprint density at radius 3 is 1.88 bits per heavy atom. The van der Waals surface area contributed by atoms with E-state index in [0.717, 1.165) is 82.9 Å². The van der Waals surface area contributed by atoms with Gasteiger partial charge in [0.25, 0.3) is 0 Å². The number of hydrogen-bond donors (Lipinski definition) is 1. The summed E-state index contributed by atoms with van der Waals surface area (Å²) in [6.07, 6.45) is -0.348. The fraction of sp³-hybridized carbons (Fsp3) is 0.0213. The molecule has 10 aromatic rings. The number of aliphatic imine (C=N–C) groups is 2. The number of benzene rings is 8. The summed E-state index contributed by atoms with van der Waals surface area (Å²) in [5.41, 5.74) is 8.60. The second-order valence-electron chi connectivity index (χ2n) is 13.4. The first-order chi connectivity index (χ1) is 25.7. The van der Waals surface area contributed by atoms with E-state index in [1.807, 2.05) is 24.3 Å². The van der Waals surface area contributed by atoms with E-state index >= 15 is 0 Å². The van der Waals surface area contributed by atoms with Gasteiger partial charge in [0.2, 0.25) is 0 Å². The van der Waals surface area contributed by atoms with E-state index in [4.69, 9.17) is 18.8 Å². The summed E-state index contributed by atoms with van der Waals surface area (Å²) in [5.74, 6) is 1.44. The number of amidine groups is 2.